The van der Waals surface area contributed by atoms with Gasteiger partial charge in [-0.05, 0) is 54.4 Å². The van der Waals surface area contributed by atoms with Crippen LogP contribution in [0.15, 0.2) is 124 Å². The van der Waals surface area contributed by atoms with Crippen LogP contribution in [-0.2, 0) is 17.2 Å². The smallest absolute Gasteiger partial charge is 0.351 e. The van der Waals surface area contributed by atoms with E-state index < -0.39 is 32.0 Å². The lowest BCUT2D eigenvalue weighted by atomic mass is 9.80. The summed E-state index contributed by atoms with van der Waals surface area (Å²) in [6, 6.07) is 29.6. The number of para-hydroxylation sites is 1. The van der Waals surface area contributed by atoms with Gasteiger partial charge < -0.3 is 20.5 Å². The van der Waals surface area contributed by atoms with Gasteiger partial charge in [-0.3, -0.25) is 23.9 Å². The van der Waals surface area contributed by atoms with E-state index in [-0.39, 0.29) is 51.4 Å². The number of anilines is 6. The second kappa shape index (κ2) is 13.3. The van der Waals surface area contributed by atoms with Crippen molar-refractivity contribution in [3.05, 3.63) is 158 Å². The molecule has 8 rings (SSSR count). The van der Waals surface area contributed by atoms with E-state index in [4.69, 9.17) is 0 Å². The summed E-state index contributed by atoms with van der Waals surface area (Å²) in [5.41, 5.74) is 2.44. The largest absolute Gasteiger partial charge is 0.355 e. The van der Waals surface area contributed by atoms with Crippen molar-refractivity contribution in [3.63, 3.8) is 0 Å². The molecule has 7 aromatic rings. The third-order valence-corrected chi connectivity index (χ3v) is 10.2. The summed E-state index contributed by atoms with van der Waals surface area (Å²) in [5.74, 6) is -1.13. The summed E-state index contributed by atoms with van der Waals surface area (Å²) in [6.07, 6.45) is 0. The fraction of sp³-hybridized carbons (Fsp3) is 0.0500. The zero-order chi connectivity index (χ0) is 38.6. The highest BCUT2D eigenvalue weighted by Gasteiger charge is 2.34. The fourth-order valence-corrected chi connectivity index (χ4v) is 7.40. The van der Waals surface area contributed by atoms with Gasteiger partial charge in [-0.15, -0.1) is 0 Å². The minimum atomic E-state index is -4.80. The monoisotopic (exact) mass is 751 g/mol. The Labute approximate surface area is 312 Å². The van der Waals surface area contributed by atoms with Crippen LogP contribution in [0.5, 0.6) is 0 Å². The maximum Gasteiger partial charge on any atom is 0.351 e. The van der Waals surface area contributed by atoms with Crippen molar-refractivity contribution < 1.29 is 22.6 Å². The molecule has 15 heteroatoms. The molecule has 0 amide bonds. The fourth-order valence-electron chi connectivity index (χ4n) is 6.77. The van der Waals surface area contributed by atoms with Gasteiger partial charge in [-0.2, -0.15) is 18.4 Å². The van der Waals surface area contributed by atoms with Crippen LogP contribution in [0.25, 0.3) is 22.0 Å². The van der Waals surface area contributed by atoms with Crippen LogP contribution in [0.4, 0.5) is 34.6 Å². The number of aromatic nitrogens is 4. The lowest BCUT2D eigenvalue weighted by molar-refractivity contribution is 0.102. The number of carbonyl (C=O) groups excluding carboxylic acids is 2. The SMILES string of the molecule is Cc1ccccc1Nc1nc(Nc2cc(Nc3ccc4c5c3C(=O)c3ccccc3-c5c(C(=O)c3ccccc3)c(=O)n4C)ccc2S(=O)(=O)O)[nH]c(=O)n1. The average molecular weight is 752 g/mol. The van der Waals surface area contributed by atoms with Crippen molar-refractivity contribution >= 4 is 67.2 Å². The molecule has 1 aliphatic rings. The summed E-state index contributed by atoms with van der Waals surface area (Å²) in [5, 5.41) is 9.31. The number of rotatable bonds is 9. The molecular formula is C40H29N7O7S. The zero-order valence-corrected chi connectivity index (χ0v) is 29.9. The van der Waals surface area contributed by atoms with Gasteiger partial charge in [0.1, 0.15) is 4.90 Å². The van der Waals surface area contributed by atoms with E-state index in [0.29, 0.717) is 33.3 Å². The number of hydrogen-bond acceptors (Lipinski definition) is 11. The predicted molar refractivity (Wildman–Crippen MR) is 208 cm³/mol. The Morgan fingerprint density at radius 1 is 0.745 bits per heavy atom. The van der Waals surface area contributed by atoms with Crippen molar-refractivity contribution in [1.82, 2.24) is 19.5 Å². The van der Waals surface area contributed by atoms with Crippen LogP contribution in [0.2, 0.25) is 0 Å². The van der Waals surface area contributed by atoms with E-state index in [1.54, 1.807) is 78.9 Å². The summed E-state index contributed by atoms with van der Waals surface area (Å²) in [6.45, 7) is 1.85. The molecule has 2 aromatic heterocycles. The number of aryl methyl sites for hydroxylation is 2. The normalized spacial score (nSPS) is 11.9. The van der Waals surface area contributed by atoms with Gasteiger partial charge in [0.2, 0.25) is 11.9 Å². The minimum Gasteiger partial charge on any atom is -0.355 e. The van der Waals surface area contributed by atoms with E-state index in [9.17, 15) is 32.1 Å². The molecule has 55 heavy (non-hydrogen) atoms. The highest BCUT2D eigenvalue weighted by molar-refractivity contribution is 7.86. The molecule has 0 aliphatic heterocycles. The number of hydrogen-bond donors (Lipinski definition) is 5. The maximum absolute atomic E-state index is 14.4. The third-order valence-electron chi connectivity index (χ3n) is 9.33. The number of nitrogens with one attached hydrogen (secondary N) is 4. The van der Waals surface area contributed by atoms with Gasteiger partial charge in [-0.25, -0.2) is 4.79 Å². The van der Waals surface area contributed by atoms with Crippen molar-refractivity contribution in [3.8, 4) is 11.1 Å². The second-order valence-corrected chi connectivity index (χ2v) is 14.2. The molecule has 272 valence electrons. The molecule has 0 spiro atoms. The first-order valence-electron chi connectivity index (χ1n) is 16.8. The lowest BCUT2D eigenvalue weighted by Gasteiger charge is -2.25. The van der Waals surface area contributed by atoms with Crippen molar-refractivity contribution in [2.24, 2.45) is 7.05 Å². The molecule has 1 aliphatic carbocycles. The number of ketones is 2. The number of H-pyrrole nitrogens is 1. The molecule has 0 atom stereocenters. The molecule has 0 fully saturated rings. The Hall–Kier alpha value is -7.23. The number of pyridine rings is 1. The highest BCUT2D eigenvalue weighted by atomic mass is 32.2. The van der Waals surface area contributed by atoms with Gasteiger partial charge in [0.25, 0.3) is 15.7 Å². The first-order chi connectivity index (χ1) is 26.4. The van der Waals surface area contributed by atoms with Crippen LogP contribution in [0, 0.1) is 6.92 Å². The highest BCUT2D eigenvalue weighted by Crippen LogP contribution is 2.44. The van der Waals surface area contributed by atoms with Crippen LogP contribution in [0.3, 0.4) is 0 Å². The number of benzene rings is 5. The molecule has 5 aromatic carbocycles. The molecule has 0 bridgehead atoms. The minimum absolute atomic E-state index is 0.0763. The van der Waals surface area contributed by atoms with Crippen LogP contribution >= 0.6 is 0 Å². The van der Waals surface area contributed by atoms with E-state index in [1.165, 1.54) is 23.7 Å². The van der Waals surface area contributed by atoms with Crippen molar-refractivity contribution in [1.29, 1.82) is 0 Å². The standard InChI is InChI=1S/C40H29N7O7S/c1-21-10-6-9-15-26(21)42-38-44-39(46-40(51)45-38)43-28-20-23(16-19-30(28)55(52,53)54)41-27-17-18-29-33-31(24-13-7-8-14-25(24)36(49)32(27)33)34(37(50)47(29)2)35(48)22-11-4-3-5-12-22/h3-20,41H,1-2H3,(H,52,53,54)(H3,42,43,44,45,46,51). The Balaban J connectivity index is 1.26. The predicted octanol–water partition coefficient (Wildman–Crippen LogP) is 6.25. The van der Waals surface area contributed by atoms with E-state index in [2.05, 4.69) is 30.9 Å². The topological polar surface area (TPSA) is 205 Å². The molecule has 5 N–H and O–H groups in total. The molecular weight excluding hydrogens is 723 g/mol. The van der Waals surface area contributed by atoms with E-state index in [1.807, 2.05) is 19.1 Å². The Kier molecular flexibility index (Phi) is 8.44. The van der Waals surface area contributed by atoms with Crippen LogP contribution in [-0.4, -0.2) is 44.1 Å². The first-order valence-corrected chi connectivity index (χ1v) is 18.2. The van der Waals surface area contributed by atoms with Gasteiger partial charge in [0, 0.05) is 40.5 Å². The first kappa shape index (κ1) is 34.8. The van der Waals surface area contributed by atoms with Gasteiger partial charge in [0.15, 0.2) is 11.6 Å². The molecule has 2 heterocycles. The molecule has 0 unspecified atom stereocenters. The Morgan fingerprint density at radius 2 is 1.45 bits per heavy atom. The quantitative estimate of drug-likeness (QED) is 0.0821. The molecule has 0 saturated carbocycles. The van der Waals surface area contributed by atoms with Crippen molar-refractivity contribution in [2.75, 3.05) is 16.0 Å². The van der Waals surface area contributed by atoms with Crippen molar-refractivity contribution in [2.45, 2.75) is 11.8 Å². The van der Waals surface area contributed by atoms with Gasteiger partial charge >= 0.3 is 5.69 Å². The summed E-state index contributed by atoms with van der Waals surface area (Å²) >= 11 is 0. The summed E-state index contributed by atoms with van der Waals surface area (Å²) in [7, 11) is -3.26. The number of fused-ring (bicyclic) bond motifs is 2. The second-order valence-electron chi connectivity index (χ2n) is 12.8. The Bertz CT molecular complexity index is 3000. The van der Waals surface area contributed by atoms with E-state index in [0.717, 1.165) is 11.6 Å². The zero-order valence-electron chi connectivity index (χ0n) is 29.0. The molecule has 0 radical (unpaired) electrons. The maximum atomic E-state index is 14.4. The number of aromatic amines is 1. The number of carbonyl (C=O) groups is 2. The van der Waals surface area contributed by atoms with Crippen LogP contribution in [0.1, 0.15) is 37.4 Å². The lowest BCUT2D eigenvalue weighted by Crippen LogP contribution is -2.29. The molecule has 14 nitrogen and oxygen atoms in total. The third kappa shape index (κ3) is 6.22. The van der Waals surface area contributed by atoms with Gasteiger partial charge in [-0.1, -0.05) is 72.8 Å². The number of nitrogens with zero attached hydrogens (tertiary/aromatic N) is 3. The van der Waals surface area contributed by atoms with Gasteiger partial charge in [0.05, 0.1) is 28.0 Å². The Morgan fingerprint density at radius 3 is 2.20 bits per heavy atom. The van der Waals surface area contributed by atoms with E-state index >= 15 is 0 Å². The molecule has 0 saturated heterocycles. The average Bonchev–Trinajstić information content (AvgIpc) is 3.16. The summed E-state index contributed by atoms with van der Waals surface area (Å²) in [4.78, 5) is 65.0. The van der Waals surface area contributed by atoms with Crippen LogP contribution < -0.4 is 27.2 Å². The summed E-state index contributed by atoms with van der Waals surface area (Å²) < 4.78 is 36.5.